The molecule has 0 amide bonds. The van der Waals surface area contributed by atoms with Gasteiger partial charge < -0.3 is 5.11 Å². The van der Waals surface area contributed by atoms with E-state index in [-0.39, 0.29) is 12.2 Å². The highest BCUT2D eigenvalue weighted by Gasteiger charge is 2.55. The first-order valence-corrected chi connectivity index (χ1v) is 10.3. The highest BCUT2D eigenvalue weighted by Crippen LogP contribution is 2.40. The summed E-state index contributed by atoms with van der Waals surface area (Å²) in [5, 5.41) is 28.2. The molecule has 2 heterocycles. The molecule has 0 aliphatic rings. The van der Waals surface area contributed by atoms with Gasteiger partial charge in [0.2, 0.25) is 5.60 Å². The van der Waals surface area contributed by atoms with Gasteiger partial charge in [-0.2, -0.15) is 18.4 Å². The molecular weight excluding hydrogens is 455 g/mol. The van der Waals surface area contributed by atoms with Gasteiger partial charge in [-0.15, -0.1) is 5.10 Å². The molecule has 6 nitrogen and oxygen atoms in total. The molecule has 0 bridgehead atoms. The lowest BCUT2D eigenvalue weighted by atomic mass is 9.96. The minimum atomic E-state index is -4.87. The summed E-state index contributed by atoms with van der Waals surface area (Å²) in [6.07, 6.45) is -4.37. The fraction of sp³-hybridized carbons (Fsp3) is 0.217. The lowest BCUT2D eigenvalue weighted by Gasteiger charge is -2.26. The lowest BCUT2D eigenvalue weighted by Crippen LogP contribution is -2.42. The van der Waals surface area contributed by atoms with Crippen molar-refractivity contribution >= 4 is 22.5 Å². The molecule has 10 heteroatoms. The Morgan fingerprint density at radius 1 is 1.12 bits per heavy atom. The van der Waals surface area contributed by atoms with Crippen LogP contribution in [-0.2, 0) is 12.1 Å². The molecule has 0 saturated heterocycles. The Balaban J connectivity index is 1.71. The maximum absolute atomic E-state index is 13.3. The third-order valence-electron chi connectivity index (χ3n) is 5.43. The topological polar surface area (TPSA) is 87.6 Å². The zero-order valence-electron chi connectivity index (χ0n) is 17.3. The van der Waals surface area contributed by atoms with Gasteiger partial charge in [0.25, 0.3) is 0 Å². The summed E-state index contributed by atoms with van der Waals surface area (Å²) in [5.41, 5.74) is -0.485. The molecule has 1 unspecified atom stereocenters. The van der Waals surface area contributed by atoms with Crippen molar-refractivity contribution in [3.8, 4) is 17.2 Å². The van der Waals surface area contributed by atoms with Gasteiger partial charge >= 0.3 is 6.18 Å². The molecule has 0 aliphatic heterocycles. The van der Waals surface area contributed by atoms with E-state index in [4.69, 9.17) is 11.6 Å². The van der Waals surface area contributed by atoms with Crippen LogP contribution >= 0.6 is 11.6 Å². The lowest BCUT2D eigenvalue weighted by molar-refractivity contribution is -0.269. The Morgan fingerprint density at radius 3 is 2.48 bits per heavy atom. The number of aromatic nitrogens is 4. The molecule has 1 N–H and O–H groups in total. The van der Waals surface area contributed by atoms with Gasteiger partial charge in [-0.1, -0.05) is 48.0 Å². The normalized spacial score (nSPS) is 13.6. The SMILES string of the molecule is CCC(O)(c1cn(Cc2ccc3c(-c4ccc(Cl)cc4)cc(C#N)nc3c2)nn1)C(F)(F)F. The van der Waals surface area contributed by atoms with Gasteiger partial charge in [0.05, 0.1) is 18.3 Å². The summed E-state index contributed by atoms with van der Waals surface area (Å²) in [4.78, 5) is 4.37. The van der Waals surface area contributed by atoms with Crippen molar-refractivity contribution in [3.05, 3.63) is 76.7 Å². The molecule has 1 atom stereocenters. The molecule has 4 rings (SSSR count). The van der Waals surface area contributed by atoms with Crippen molar-refractivity contribution in [1.29, 1.82) is 5.26 Å². The van der Waals surface area contributed by atoms with Crippen LogP contribution < -0.4 is 0 Å². The number of pyridine rings is 1. The maximum Gasteiger partial charge on any atom is 0.423 e. The Morgan fingerprint density at radius 2 is 1.85 bits per heavy atom. The summed E-state index contributed by atoms with van der Waals surface area (Å²) in [7, 11) is 0. The van der Waals surface area contributed by atoms with Crippen molar-refractivity contribution < 1.29 is 18.3 Å². The highest BCUT2D eigenvalue weighted by molar-refractivity contribution is 6.30. The number of hydrogen-bond donors (Lipinski definition) is 1. The zero-order chi connectivity index (χ0) is 23.8. The highest BCUT2D eigenvalue weighted by atomic mass is 35.5. The largest absolute Gasteiger partial charge is 0.423 e. The summed E-state index contributed by atoms with van der Waals surface area (Å²) < 4.78 is 41.1. The van der Waals surface area contributed by atoms with Gasteiger partial charge in [-0.25, -0.2) is 9.67 Å². The Labute approximate surface area is 191 Å². The first-order chi connectivity index (χ1) is 15.6. The first kappa shape index (κ1) is 22.7. The quantitative estimate of drug-likeness (QED) is 0.431. The van der Waals surface area contributed by atoms with Crippen molar-refractivity contribution in [3.63, 3.8) is 0 Å². The fourth-order valence-electron chi connectivity index (χ4n) is 3.58. The Hall–Kier alpha value is -3.48. The minimum absolute atomic E-state index is 0.106. The molecule has 0 fully saturated rings. The van der Waals surface area contributed by atoms with E-state index in [1.54, 1.807) is 30.3 Å². The van der Waals surface area contributed by atoms with Crippen LogP contribution in [0.4, 0.5) is 13.2 Å². The average Bonchev–Trinajstić information content (AvgIpc) is 3.26. The van der Waals surface area contributed by atoms with Crippen LogP contribution in [0.5, 0.6) is 0 Å². The molecule has 0 saturated carbocycles. The number of fused-ring (bicyclic) bond motifs is 1. The molecular formula is C23H17ClF3N5O. The summed E-state index contributed by atoms with van der Waals surface area (Å²) >= 11 is 5.98. The number of hydrogen-bond acceptors (Lipinski definition) is 5. The number of rotatable bonds is 5. The van der Waals surface area contributed by atoms with Crippen molar-refractivity contribution in [2.75, 3.05) is 0 Å². The zero-order valence-corrected chi connectivity index (χ0v) is 18.1. The van der Waals surface area contributed by atoms with Crippen LogP contribution in [0.25, 0.3) is 22.0 Å². The van der Waals surface area contributed by atoms with Crippen molar-refractivity contribution in [1.82, 2.24) is 20.0 Å². The smallest absolute Gasteiger partial charge is 0.375 e. The number of nitrogens with zero attached hydrogens (tertiary/aromatic N) is 5. The standard InChI is InChI=1S/C23H17ClF3N5O/c1-2-22(33,23(25,26)27)21-13-32(31-30-21)12-14-3-8-18-19(15-4-6-16(24)7-5-15)10-17(11-28)29-20(18)9-14/h3-10,13,33H,2,12H2,1H3. The molecule has 2 aromatic heterocycles. The van der Waals surface area contributed by atoms with Crippen LogP contribution in [-0.4, -0.2) is 31.3 Å². The van der Waals surface area contributed by atoms with Crippen LogP contribution in [0.2, 0.25) is 5.02 Å². The van der Waals surface area contributed by atoms with E-state index in [9.17, 15) is 23.5 Å². The molecule has 0 radical (unpaired) electrons. The molecule has 0 spiro atoms. The Kier molecular flexibility index (Phi) is 5.82. The van der Waals surface area contributed by atoms with Gasteiger partial charge in [0, 0.05) is 10.4 Å². The van der Waals surface area contributed by atoms with Gasteiger partial charge in [0.15, 0.2) is 0 Å². The second-order valence-electron chi connectivity index (χ2n) is 7.54. The van der Waals surface area contributed by atoms with Gasteiger partial charge in [-0.05, 0) is 47.4 Å². The van der Waals surface area contributed by atoms with Crippen LogP contribution in [0.3, 0.4) is 0 Å². The summed E-state index contributed by atoms with van der Waals surface area (Å²) in [6, 6.07) is 16.3. The Bertz CT molecular complexity index is 1360. The maximum atomic E-state index is 13.3. The van der Waals surface area contributed by atoms with E-state index in [0.717, 1.165) is 22.7 Å². The van der Waals surface area contributed by atoms with Crippen LogP contribution in [0, 0.1) is 11.3 Å². The van der Waals surface area contributed by atoms with Crippen LogP contribution in [0.15, 0.2) is 54.7 Å². The van der Waals surface area contributed by atoms with Crippen molar-refractivity contribution in [2.45, 2.75) is 31.7 Å². The van der Waals surface area contributed by atoms with E-state index in [1.165, 1.54) is 11.6 Å². The second kappa shape index (κ2) is 8.46. The van der Waals surface area contributed by atoms with E-state index >= 15 is 0 Å². The third kappa shape index (κ3) is 4.27. The van der Waals surface area contributed by atoms with E-state index in [0.29, 0.717) is 16.1 Å². The van der Waals surface area contributed by atoms with E-state index < -0.39 is 23.9 Å². The number of benzene rings is 2. The number of aliphatic hydroxyl groups is 1. The van der Waals surface area contributed by atoms with Gasteiger partial charge in [0.1, 0.15) is 17.5 Å². The molecule has 2 aromatic carbocycles. The van der Waals surface area contributed by atoms with Crippen LogP contribution in [0.1, 0.15) is 30.3 Å². The first-order valence-electron chi connectivity index (χ1n) is 9.94. The van der Waals surface area contributed by atoms with E-state index in [1.807, 2.05) is 18.2 Å². The van der Waals surface area contributed by atoms with E-state index in [2.05, 4.69) is 21.4 Å². The molecule has 33 heavy (non-hydrogen) atoms. The third-order valence-corrected chi connectivity index (χ3v) is 5.68. The predicted molar refractivity (Wildman–Crippen MR) is 116 cm³/mol. The summed E-state index contributed by atoms with van der Waals surface area (Å²) in [5.74, 6) is 0. The summed E-state index contributed by atoms with van der Waals surface area (Å²) in [6.45, 7) is 1.34. The van der Waals surface area contributed by atoms with Gasteiger partial charge in [-0.3, -0.25) is 0 Å². The molecule has 0 aliphatic carbocycles. The fourth-order valence-corrected chi connectivity index (χ4v) is 3.70. The minimum Gasteiger partial charge on any atom is -0.375 e. The number of alkyl halides is 3. The predicted octanol–water partition coefficient (Wildman–Crippen LogP) is 5.23. The molecule has 168 valence electrons. The molecule has 4 aromatic rings. The number of halogens is 4. The second-order valence-corrected chi connectivity index (χ2v) is 7.97. The average molecular weight is 472 g/mol. The number of nitriles is 1. The van der Waals surface area contributed by atoms with Crippen molar-refractivity contribution in [2.24, 2.45) is 0 Å². The monoisotopic (exact) mass is 471 g/mol.